The highest BCUT2D eigenvalue weighted by atomic mass is 16.7. The van der Waals surface area contributed by atoms with E-state index in [-0.39, 0.29) is 6.29 Å². The van der Waals surface area contributed by atoms with Gasteiger partial charge in [-0.15, -0.1) is 0 Å². The van der Waals surface area contributed by atoms with Gasteiger partial charge in [0.15, 0.2) is 6.29 Å². The van der Waals surface area contributed by atoms with Gasteiger partial charge < -0.3 is 14.4 Å². The molecule has 10 heavy (non-hydrogen) atoms. The molecule has 3 heteroatoms. The zero-order chi connectivity index (χ0) is 8.15. The molecule has 0 bridgehead atoms. The van der Waals surface area contributed by atoms with Gasteiger partial charge in [-0.1, -0.05) is 6.58 Å². The topological polar surface area (TPSA) is 21.7 Å². The van der Waals surface area contributed by atoms with E-state index in [0.717, 1.165) is 5.70 Å². The molecule has 0 aromatic carbocycles. The lowest BCUT2D eigenvalue weighted by atomic mass is 10.4. The number of nitrogens with zero attached hydrogens (tertiary/aromatic N) is 1. The number of rotatable bonds is 4. The van der Waals surface area contributed by atoms with E-state index in [4.69, 9.17) is 9.47 Å². The number of likely N-dealkylation sites (N-methyl/N-ethyl adjacent to an activating group) is 1. The first-order valence-corrected chi connectivity index (χ1v) is 3.05. The van der Waals surface area contributed by atoms with E-state index in [9.17, 15) is 0 Å². The Kier molecular flexibility index (Phi) is 4.07. The Bertz CT molecular complexity index is 108. The molecular formula is C7H15NO2. The molecule has 60 valence electrons. The van der Waals surface area contributed by atoms with Gasteiger partial charge in [-0.2, -0.15) is 0 Å². The first-order chi connectivity index (χ1) is 4.63. The molecule has 3 nitrogen and oxygen atoms in total. The molecule has 0 fully saturated rings. The third-order valence-electron chi connectivity index (χ3n) is 1.27. The van der Waals surface area contributed by atoms with Crippen LogP contribution in [0.2, 0.25) is 0 Å². The third-order valence-corrected chi connectivity index (χ3v) is 1.27. The highest BCUT2D eigenvalue weighted by Gasteiger charge is 2.10. The van der Waals surface area contributed by atoms with Gasteiger partial charge in [-0.05, 0) is 0 Å². The van der Waals surface area contributed by atoms with Gasteiger partial charge in [-0.3, -0.25) is 0 Å². The van der Waals surface area contributed by atoms with Crippen LogP contribution in [0.15, 0.2) is 12.3 Å². The van der Waals surface area contributed by atoms with Crippen LogP contribution in [-0.2, 0) is 9.47 Å². The minimum absolute atomic E-state index is 0.324. The van der Waals surface area contributed by atoms with Gasteiger partial charge in [0.1, 0.15) is 0 Å². The molecule has 0 atom stereocenters. The van der Waals surface area contributed by atoms with Gasteiger partial charge in [0.2, 0.25) is 0 Å². The lowest BCUT2D eigenvalue weighted by Crippen LogP contribution is -2.25. The summed E-state index contributed by atoms with van der Waals surface area (Å²) in [4.78, 5) is 1.86. The maximum Gasteiger partial charge on any atom is 0.197 e. The van der Waals surface area contributed by atoms with Crippen molar-refractivity contribution in [1.29, 1.82) is 0 Å². The van der Waals surface area contributed by atoms with Crippen molar-refractivity contribution < 1.29 is 9.47 Å². The average molecular weight is 145 g/mol. The molecule has 0 saturated carbocycles. The Morgan fingerprint density at radius 2 is 1.70 bits per heavy atom. The second-order valence-corrected chi connectivity index (χ2v) is 2.19. The van der Waals surface area contributed by atoms with Crippen LogP contribution < -0.4 is 0 Å². The molecule has 0 aliphatic rings. The standard InChI is InChI=1S/C7H15NO2/c1-6(8(2)3)7(9-4)10-5/h7H,1H2,2-5H3. The minimum atomic E-state index is -0.324. The molecule has 0 aliphatic carbocycles. The molecule has 0 unspecified atom stereocenters. The van der Waals surface area contributed by atoms with Crippen LogP contribution in [0.3, 0.4) is 0 Å². The number of ether oxygens (including phenoxy) is 2. The molecule has 0 heterocycles. The van der Waals surface area contributed by atoms with Gasteiger partial charge in [0.05, 0.1) is 5.70 Å². The van der Waals surface area contributed by atoms with Crippen LogP contribution >= 0.6 is 0 Å². The summed E-state index contributed by atoms with van der Waals surface area (Å²) in [5, 5.41) is 0. The molecule has 0 saturated heterocycles. The van der Waals surface area contributed by atoms with E-state index in [1.54, 1.807) is 14.2 Å². The number of methoxy groups -OCH3 is 2. The molecule has 0 N–H and O–H groups in total. The summed E-state index contributed by atoms with van der Waals surface area (Å²) in [7, 11) is 6.96. The molecule has 0 aromatic heterocycles. The van der Waals surface area contributed by atoms with Crippen LogP contribution in [0.25, 0.3) is 0 Å². The van der Waals surface area contributed by atoms with Crippen molar-refractivity contribution in [3.63, 3.8) is 0 Å². The summed E-state index contributed by atoms with van der Waals surface area (Å²) in [6, 6.07) is 0. The van der Waals surface area contributed by atoms with Gasteiger partial charge in [-0.25, -0.2) is 0 Å². The fourth-order valence-electron chi connectivity index (χ4n) is 0.579. The normalized spacial score (nSPS) is 10.1. The zero-order valence-corrected chi connectivity index (χ0v) is 7.05. The largest absolute Gasteiger partial charge is 0.377 e. The number of hydrogen-bond donors (Lipinski definition) is 0. The first-order valence-electron chi connectivity index (χ1n) is 3.05. The van der Waals surface area contributed by atoms with E-state index in [0.29, 0.717) is 0 Å². The van der Waals surface area contributed by atoms with Gasteiger partial charge in [0, 0.05) is 28.3 Å². The predicted molar refractivity (Wildman–Crippen MR) is 40.6 cm³/mol. The van der Waals surface area contributed by atoms with Crippen LogP contribution in [0.5, 0.6) is 0 Å². The lowest BCUT2D eigenvalue weighted by Gasteiger charge is -2.22. The molecule has 0 rings (SSSR count). The van der Waals surface area contributed by atoms with E-state index in [1.807, 2.05) is 19.0 Å². The Balaban J connectivity index is 3.89. The number of hydrogen-bond acceptors (Lipinski definition) is 3. The first kappa shape index (κ1) is 9.46. The minimum Gasteiger partial charge on any atom is -0.377 e. The quantitative estimate of drug-likeness (QED) is 0.543. The van der Waals surface area contributed by atoms with Gasteiger partial charge >= 0.3 is 0 Å². The monoisotopic (exact) mass is 145 g/mol. The summed E-state index contributed by atoms with van der Waals surface area (Å²) in [6.45, 7) is 3.77. The predicted octanol–water partition coefficient (Wildman–Crippen LogP) is 0.681. The van der Waals surface area contributed by atoms with E-state index in [2.05, 4.69) is 6.58 Å². The van der Waals surface area contributed by atoms with Crippen molar-refractivity contribution in [3.8, 4) is 0 Å². The summed E-state index contributed by atoms with van der Waals surface area (Å²) in [6.07, 6.45) is -0.324. The average Bonchev–Trinajstić information content (AvgIpc) is 1.90. The fourth-order valence-corrected chi connectivity index (χ4v) is 0.579. The summed E-state index contributed by atoms with van der Waals surface area (Å²) >= 11 is 0. The van der Waals surface area contributed by atoms with Gasteiger partial charge in [0.25, 0.3) is 0 Å². The Hall–Kier alpha value is -0.540. The fraction of sp³-hybridized carbons (Fsp3) is 0.714. The Morgan fingerprint density at radius 3 is 1.80 bits per heavy atom. The van der Waals surface area contributed by atoms with E-state index >= 15 is 0 Å². The Morgan fingerprint density at radius 1 is 1.30 bits per heavy atom. The summed E-state index contributed by atoms with van der Waals surface area (Å²) < 4.78 is 9.92. The highest BCUT2D eigenvalue weighted by molar-refractivity contribution is 4.94. The summed E-state index contributed by atoms with van der Waals surface area (Å²) in [5.74, 6) is 0. The lowest BCUT2D eigenvalue weighted by molar-refractivity contribution is -0.0860. The van der Waals surface area contributed by atoms with Crippen LogP contribution in [0.1, 0.15) is 0 Å². The highest BCUT2D eigenvalue weighted by Crippen LogP contribution is 2.05. The smallest absolute Gasteiger partial charge is 0.197 e. The SMILES string of the molecule is C=C(C(OC)OC)N(C)C. The molecular weight excluding hydrogens is 130 g/mol. The maximum atomic E-state index is 4.96. The van der Waals surface area contributed by atoms with E-state index < -0.39 is 0 Å². The molecule has 0 spiro atoms. The zero-order valence-electron chi connectivity index (χ0n) is 7.05. The molecule has 0 aliphatic heterocycles. The van der Waals surface area contributed by atoms with Crippen molar-refractivity contribution in [1.82, 2.24) is 4.90 Å². The van der Waals surface area contributed by atoms with Crippen molar-refractivity contribution in [2.24, 2.45) is 0 Å². The molecule has 0 amide bonds. The third kappa shape index (κ3) is 2.37. The molecule has 0 aromatic rings. The summed E-state index contributed by atoms with van der Waals surface area (Å²) in [5.41, 5.74) is 0.810. The van der Waals surface area contributed by atoms with E-state index in [1.165, 1.54) is 0 Å². The van der Waals surface area contributed by atoms with Crippen LogP contribution in [0, 0.1) is 0 Å². The van der Waals surface area contributed by atoms with Crippen molar-refractivity contribution in [2.45, 2.75) is 6.29 Å². The van der Waals surface area contributed by atoms with Crippen LogP contribution in [-0.4, -0.2) is 39.5 Å². The van der Waals surface area contributed by atoms with Crippen molar-refractivity contribution in [3.05, 3.63) is 12.3 Å². The van der Waals surface area contributed by atoms with Crippen LogP contribution in [0.4, 0.5) is 0 Å². The second-order valence-electron chi connectivity index (χ2n) is 2.19. The molecule has 0 radical (unpaired) electrons. The van der Waals surface area contributed by atoms with Crippen molar-refractivity contribution >= 4 is 0 Å². The Labute approximate surface area is 62.2 Å². The second kappa shape index (κ2) is 4.30. The van der Waals surface area contributed by atoms with Crippen molar-refractivity contribution in [2.75, 3.05) is 28.3 Å². The maximum absolute atomic E-state index is 4.96.